The lowest BCUT2D eigenvalue weighted by Crippen LogP contribution is -2.41. The fourth-order valence-electron chi connectivity index (χ4n) is 2.52. The Morgan fingerprint density at radius 2 is 2.13 bits per heavy atom. The van der Waals surface area contributed by atoms with Crippen LogP contribution < -0.4 is 5.32 Å². The summed E-state index contributed by atoms with van der Waals surface area (Å²) >= 11 is 0. The minimum atomic E-state index is -0.113. The van der Waals surface area contributed by atoms with Gasteiger partial charge in [0.1, 0.15) is 12.1 Å². The number of nitrogens with one attached hydrogen (secondary N) is 1. The largest absolute Gasteiger partial charge is 0.508 e. The maximum atomic E-state index is 12.2. The number of benzene rings is 1. The molecule has 0 atom stereocenters. The summed E-state index contributed by atoms with van der Waals surface area (Å²) in [5, 5.41) is 16.3. The predicted octanol–water partition coefficient (Wildman–Crippen LogP) is 1.52. The van der Waals surface area contributed by atoms with Gasteiger partial charge in [0.25, 0.3) is 0 Å². The Labute approximate surface area is 134 Å². The fraction of sp³-hybridized carbons (Fsp3) is 0.312. The molecule has 2 amide bonds. The van der Waals surface area contributed by atoms with Crippen molar-refractivity contribution in [3.63, 3.8) is 0 Å². The van der Waals surface area contributed by atoms with Gasteiger partial charge < -0.3 is 15.3 Å². The minimum absolute atomic E-state index is 0.113. The summed E-state index contributed by atoms with van der Waals surface area (Å²) in [6, 6.07) is 7.02. The molecule has 3 rings (SSSR count). The van der Waals surface area contributed by atoms with E-state index in [0.717, 1.165) is 12.0 Å². The number of nitrogens with zero attached hydrogens (tertiary/aromatic N) is 4. The molecular formula is C16H19N5O2. The Hall–Kier alpha value is -2.83. The van der Waals surface area contributed by atoms with Gasteiger partial charge in [0.15, 0.2) is 5.82 Å². The van der Waals surface area contributed by atoms with Crippen molar-refractivity contribution in [3.8, 4) is 5.75 Å². The van der Waals surface area contributed by atoms with Gasteiger partial charge in [-0.05, 0) is 29.7 Å². The molecule has 2 N–H and O–H groups in total. The van der Waals surface area contributed by atoms with Crippen LogP contribution in [0.5, 0.6) is 5.75 Å². The first-order chi connectivity index (χ1) is 11.1. The van der Waals surface area contributed by atoms with Gasteiger partial charge in [0, 0.05) is 20.1 Å². The normalized spacial score (nSPS) is 14.5. The maximum Gasteiger partial charge on any atom is 0.318 e. The topological polar surface area (TPSA) is 83.3 Å². The molecule has 1 aromatic carbocycles. The van der Waals surface area contributed by atoms with Crippen molar-refractivity contribution in [2.24, 2.45) is 7.05 Å². The molecule has 1 aliphatic heterocycles. The quantitative estimate of drug-likeness (QED) is 0.900. The van der Waals surface area contributed by atoms with Crippen LogP contribution in [0.1, 0.15) is 17.8 Å². The summed E-state index contributed by atoms with van der Waals surface area (Å²) in [6.45, 7) is 1.55. The first-order valence-electron chi connectivity index (χ1n) is 7.47. The number of phenolic OH excluding ortho intramolecular Hbond substituents is 1. The second-order valence-corrected chi connectivity index (χ2v) is 5.47. The van der Waals surface area contributed by atoms with Gasteiger partial charge >= 0.3 is 6.03 Å². The third-order valence-corrected chi connectivity index (χ3v) is 3.78. The molecule has 1 aromatic heterocycles. The zero-order chi connectivity index (χ0) is 16.2. The van der Waals surface area contributed by atoms with Crippen LogP contribution >= 0.6 is 0 Å². The lowest BCUT2D eigenvalue weighted by molar-refractivity contribution is 0.202. The van der Waals surface area contributed by atoms with Gasteiger partial charge in [-0.2, -0.15) is 5.10 Å². The van der Waals surface area contributed by atoms with Gasteiger partial charge in [0.2, 0.25) is 0 Å². The molecule has 0 radical (unpaired) electrons. The zero-order valence-electron chi connectivity index (χ0n) is 12.9. The van der Waals surface area contributed by atoms with Crippen molar-refractivity contribution < 1.29 is 9.90 Å². The van der Waals surface area contributed by atoms with Gasteiger partial charge in [-0.1, -0.05) is 18.2 Å². The Balaban J connectivity index is 1.55. The van der Waals surface area contributed by atoms with Crippen molar-refractivity contribution in [2.45, 2.75) is 13.0 Å². The standard InChI is InChI=1S/C16H19N5O2/c1-20-11-18-15(19-20)10-17-16(23)21-8-6-13(7-9-21)12-2-4-14(22)5-3-12/h2-6,11,22H,7-10H2,1H3,(H,17,23). The van der Waals surface area contributed by atoms with Crippen LogP contribution in [-0.2, 0) is 13.6 Å². The highest BCUT2D eigenvalue weighted by Gasteiger charge is 2.18. The highest BCUT2D eigenvalue weighted by molar-refractivity contribution is 5.76. The summed E-state index contributed by atoms with van der Waals surface area (Å²) in [6.07, 6.45) is 4.45. The Kier molecular flexibility index (Phi) is 4.27. The lowest BCUT2D eigenvalue weighted by atomic mass is 9.99. The summed E-state index contributed by atoms with van der Waals surface area (Å²) in [5.41, 5.74) is 2.28. The van der Waals surface area contributed by atoms with E-state index in [9.17, 15) is 9.90 Å². The SMILES string of the molecule is Cn1cnc(CNC(=O)N2CC=C(c3ccc(O)cc3)CC2)n1. The number of carbonyl (C=O) groups excluding carboxylic acids is 1. The van der Waals surface area contributed by atoms with Crippen LogP contribution in [0.15, 0.2) is 36.7 Å². The fourth-order valence-corrected chi connectivity index (χ4v) is 2.52. The van der Waals surface area contributed by atoms with E-state index in [0.29, 0.717) is 25.5 Å². The van der Waals surface area contributed by atoms with Crippen LogP contribution in [0, 0.1) is 0 Å². The highest BCUT2D eigenvalue weighted by atomic mass is 16.3. The molecule has 0 aliphatic carbocycles. The molecule has 0 saturated heterocycles. The molecular weight excluding hydrogens is 294 g/mol. The third-order valence-electron chi connectivity index (χ3n) is 3.78. The van der Waals surface area contributed by atoms with Gasteiger partial charge in [0.05, 0.1) is 6.54 Å². The molecule has 0 spiro atoms. The van der Waals surface area contributed by atoms with E-state index in [1.807, 2.05) is 12.1 Å². The lowest BCUT2D eigenvalue weighted by Gasteiger charge is -2.26. The Morgan fingerprint density at radius 3 is 2.74 bits per heavy atom. The van der Waals surface area contributed by atoms with Crippen LogP contribution in [0.25, 0.3) is 5.57 Å². The summed E-state index contributed by atoms with van der Waals surface area (Å²) < 4.78 is 1.61. The van der Waals surface area contributed by atoms with E-state index >= 15 is 0 Å². The molecule has 0 bridgehead atoms. The molecule has 7 heteroatoms. The Bertz CT molecular complexity index is 720. The number of aryl methyl sites for hydroxylation is 1. The smallest absolute Gasteiger partial charge is 0.318 e. The summed E-state index contributed by atoms with van der Waals surface area (Å²) in [4.78, 5) is 18.0. The van der Waals surface area contributed by atoms with Gasteiger partial charge in [-0.15, -0.1) is 0 Å². The number of carbonyl (C=O) groups is 1. The average molecular weight is 313 g/mol. The zero-order valence-corrected chi connectivity index (χ0v) is 12.9. The van der Waals surface area contributed by atoms with Crippen molar-refractivity contribution in [2.75, 3.05) is 13.1 Å². The van der Waals surface area contributed by atoms with E-state index < -0.39 is 0 Å². The van der Waals surface area contributed by atoms with Crippen LogP contribution in [-0.4, -0.2) is 43.9 Å². The minimum Gasteiger partial charge on any atom is -0.508 e. The predicted molar refractivity (Wildman–Crippen MR) is 85.5 cm³/mol. The number of phenols is 1. The van der Waals surface area contributed by atoms with Crippen molar-refractivity contribution in [1.29, 1.82) is 0 Å². The number of rotatable bonds is 3. The molecule has 2 heterocycles. The van der Waals surface area contributed by atoms with E-state index in [-0.39, 0.29) is 11.8 Å². The molecule has 7 nitrogen and oxygen atoms in total. The molecule has 0 saturated carbocycles. The third kappa shape index (κ3) is 3.68. The Morgan fingerprint density at radius 1 is 1.35 bits per heavy atom. The van der Waals surface area contributed by atoms with E-state index in [4.69, 9.17) is 0 Å². The number of hydrogen-bond donors (Lipinski definition) is 2. The summed E-state index contributed by atoms with van der Waals surface area (Å²) in [5.74, 6) is 0.854. The van der Waals surface area contributed by atoms with Crippen LogP contribution in [0.4, 0.5) is 4.79 Å². The summed E-state index contributed by atoms with van der Waals surface area (Å²) in [7, 11) is 1.79. The second kappa shape index (κ2) is 6.51. The average Bonchev–Trinajstić information content (AvgIpc) is 2.99. The molecule has 120 valence electrons. The molecule has 2 aromatic rings. The monoisotopic (exact) mass is 313 g/mol. The van der Waals surface area contributed by atoms with Gasteiger partial charge in [-0.25, -0.2) is 9.78 Å². The van der Waals surface area contributed by atoms with Crippen LogP contribution in [0.3, 0.4) is 0 Å². The number of urea groups is 1. The van der Waals surface area contributed by atoms with Crippen molar-refractivity contribution >= 4 is 11.6 Å². The second-order valence-electron chi connectivity index (χ2n) is 5.47. The first kappa shape index (κ1) is 15.1. The van der Waals surface area contributed by atoms with Crippen molar-refractivity contribution in [3.05, 3.63) is 48.1 Å². The van der Waals surface area contributed by atoms with Crippen LogP contribution in [0.2, 0.25) is 0 Å². The number of amides is 2. The molecule has 23 heavy (non-hydrogen) atoms. The number of aromatic nitrogens is 3. The van der Waals surface area contributed by atoms with Crippen molar-refractivity contribution in [1.82, 2.24) is 25.0 Å². The highest BCUT2D eigenvalue weighted by Crippen LogP contribution is 2.23. The molecule has 0 unspecified atom stereocenters. The number of hydrogen-bond acceptors (Lipinski definition) is 4. The van der Waals surface area contributed by atoms with Gasteiger partial charge in [-0.3, -0.25) is 4.68 Å². The molecule has 1 aliphatic rings. The molecule has 0 fully saturated rings. The maximum absolute atomic E-state index is 12.2. The first-order valence-corrected chi connectivity index (χ1v) is 7.47. The van der Waals surface area contributed by atoms with E-state index in [2.05, 4.69) is 21.5 Å². The van der Waals surface area contributed by atoms with E-state index in [1.165, 1.54) is 5.57 Å². The van der Waals surface area contributed by atoms with E-state index in [1.54, 1.807) is 35.1 Å². The number of aromatic hydroxyl groups is 1.